The van der Waals surface area contributed by atoms with Crippen LogP contribution in [0, 0.1) is 13.8 Å². The number of amides is 1. The van der Waals surface area contributed by atoms with Crippen molar-refractivity contribution in [1.82, 2.24) is 24.8 Å². The van der Waals surface area contributed by atoms with Crippen LogP contribution in [0.25, 0.3) is 0 Å². The van der Waals surface area contributed by atoms with E-state index in [0.717, 1.165) is 43.0 Å². The normalized spacial score (nSPS) is 22.5. The van der Waals surface area contributed by atoms with Crippen LogP contribution in [0.2, 0.25) is 0 Å². The van der Waals surface area contributed by atoms with Gasteiger partial charge in [0.1, 0.15) is 17.4 Å². The second-order valence-electron chi connectivity index (χ2n) is 6.57. The van der Waals surface area contributed by atoms with Crippen LogP contribution in [0.5, 0.6) is 0 Å². The van der Waals surface area contributed by atoms with Gasteiger partial charge < -0.3 is 18.7 Å². The van der Waals surface area contributed by atoms with Crippen LogP contribution in [0.4, 0.5) is 0 Å². The molecule has 128 valence electrons. The van der Waals surface area contributed by atoms with Crippen molar-refractivity contribution in [3.05, 3.63) is 28.7 Å². The number of hydrogen-bond acceptors (Lipinski definition) is 6. The summed E-state index contributed by atoms with van der Waals surface area (Å²) in [6.07, 6.45) is 2.71. The molecule has 2 unspecified atom stereocenters. The smallest absolute Gasteiger partial charge is 0.277 e. The Labute approximate surface area is 139 Å². The molecule has 4 heterocycles. The number of carbonyl (C=O) groups is 1. The molecule has 0 saturated carbocycles. The van der Waals surface area contributed by atoms with Crippen molar-refractivity contribution in [2.45, 2.75) is 58.3 Å². The molecule has 24 heavy (non-hydrogen) atoms. The maximum atomic E-state index is 13.2. The second kappa shape index (κ2) is 5.70. The minimum absolute atomic E-state index is 0.0669. The third-order valence-electron chi connectivity index (χ3n) is 5.15. The summed E-state index contributed by atoms with van der Waals surface area (Å²) in [5.74, 6) is 2.44. The van der Waals surface area contributed by atoms with Crippen molar-refractivity contribution in [2.24, 2.45) is 0 Å². The first-order valence-electron chi connectivity index (χ1n) is 8.25. The highest BCUT2D eigenvalue weighted by Crippen LogP contribution is 2.33. The third kappa shape index (κ3) is 2.24. The summed E-state index contributed by atoms with van der Waals surface area (Å²) in [6, 6.07) is 0.283. The quantitative estimate of drug-likeness (QED) is 0.841. The lowest BCUT2D eigenvalue weighted by Crippen LogP contribution is -2.42. The third-order valence-corrected chi connectivity index (χ3v) is 5.15. The maximum Gasteiger partial charge on any atom is 0.277 e. The fourth-order valence-electron chi connectivity index (χ4n) is 3.90. The molecule has 2 aliphatic heterocycles. The summed E-state index contributed by atoms with van der Waals surface area (Å²) in [5, 5.41) is 12.5. The number of carbonyl (C=O) groups excluding carboxylic acids is 1. The lowest BCUT2D eigenvalue weighted by atomic mass is 10.1. The molecule has 2 aromatic heterocycles. The average molecular weight is 331 g/mol. The minimum Gasteiger partial charge on any atom is -0.380 e. The summed E-state index contributed by atoms with van der Waals surface area (Å²) in [5.41, 5.74) is 1.11. The number of aryl methyl sites for hydroxylation is 2. The van der Waals surface area contributed by atoms with Gasteiger partial charge in [-0.15, -0.1) is 10.2 Å². The van der Waals surface area contributed by atoms with E-state index in [-0.39, 0.29) is 18.0 Å². The van der Waals surface area contributed by atoms with Gasteiger partial charge in [0, 0.05) is 26.1 Å². The van der Waals surface area contributed by atoms with Crippen molar-refractivity contribution in [3.8, 4) is 0 Å². The van der Waals surface area contributed by atoms with Gasteiger partial charge >= 0.3 is 0 Å². The Morgan fingerprint density at radius 3 is 2.88 bits per heavy atom. The summed E-state index contributed by atoms with van der Waals surface area (Å²) in [7, 11) is 1.60. The molecule has 4 rings (SSSR count). The molecule has 8 nitrogen and oxygen atoms in total. The standard InChI is InChI=1S/C16H21N5O3/c1-9-13(8-23-3)15(19-24-9)16(22)21-11-4-5-12(21)7-20-10(2)17-18-14(20)6-11/h11-12H,4-8H2,1-3H3. The van der Waals surface area contributed by atoms with Crippen LogP contribution < -0.4 is 0 Å². The SMILES string of the molecule is COCc1c(C(=O)N2C3CCC2Cn2c(C)nnc2C3)noc1C. The molecule has 2 aliphatic rings. The van der Waals surface area contributed by atoms with E-state index in [1.807, 2.05) is 11.8 Å². The van der Waals surface area contributed by atoms with Crippen LogP contribution in [-0.2, 0) is 24.3 Å². The maximum absolute atomic E-state index is 13.2. The molecule has 8 heteroatoms. The van der Waals surface area contributed by atoms with Crippen molar-refractivity contribution in [2.75, 3.05) is 7.11 Å². The first kappa shape index (κ1) is 15.3. The van der Waals surface area contributed by atoms with Crippen LogP contribution in [0.3, 0.4) is 0 Å². The van der Waals surface area contributed by atoms with E-state index in [1.54, 1.807) is 14.0 Å². The molecule has 2 atom stereocenters. The molecule has 1 amide bonds. The van der Waals surface area contributed by atoms with E-state index < -0.39 is 0 Å². The molecular weight excluding hydrogens is 310 g/mol. The number of methoxy groups -OCH3 is 1. The van der Waals surface area contributed by atoms with Gasteiger partial charge in [0.2, 0.25) is 0 Å². The Hall–Kier alpha value is -2.22. The van der Waals surface area contributed by atoms with E-state index in [2.05, 4.69) is 19.9 Å². The Bertz CT molecular complexity index is 781. The van der Waals surface area contributed by atoms with Gasteiger partial charge in [0.15, 0.2) is 5.69 Å². The summed E-state index contributed by atoms with van der Waals surface area (Å²) < 4.78 is 12.6. The first-order chi connectivity index (χ1) is 11.6. The van der Waals surface area contributed by atoms with E-state index in [0.29, 0.717) is 18.1 Å². The molecule has 2 aromatic rings. The van der Waals surface area contributed by atoms with Gasteiger partial charge in [-0.25, -0.2) is 0 Å². The van der Waals surface area contributed by atoms with E-state index in [4.69, 9.17) is 9.26 Å². The molecule has 0 N–H and O–H groups in total. The fraction of sp³-hybridized carbons (Fsp3) is 0.625. The molecule has 0 radical (unpaired) electrons. The molecular formula is C16H21N5O3. The van der Waals surface area contributed by atoms with Gasteiger partial charge in [-0.05, 0) is 26.7 Å². The highest BCUT2D eigenvalue weighted by molar-refractivity contribution is 5.94. The zero-order chi connectivity index (χ0) is 16.8. The highest BCUT2D eigenvalue weighted by Gasteiger charge is 2.42. The van der Waals surface area contributed by atoms with Crippen molar-refractivity contribution in [3.63, 3.8) is 0 Å². The van der Waals surface area contributed by atoms with Crippen LogP contribution >= 0.6 is 0 Å². The fourth-order valence-corrected chi connectivity index (χ4v) is 3.90. The zero-order valence-corrected chi connectivity index (χ0v) is 14.2. The second-order valence-corrected chi connectivity index (χ2v) is 6.57. The molecule has 1 fully saturated rings. The molecule has 0 spiro atoms. The van der Waals surface area contributed by atoms with Gasteiger partial charge in [-0.2, -0.15) is 0 Å². The van der Waals surface area contributed by atoms with E-state index >= 15 is 0 Å². The highest BCUT2D eigenvalue weighted by atomic mass is 16.5. The molecule has 1 saturated heterocycles. The van der Waals surface area contributed by atoms with Gasteiger partial charge in [0.05, 0.1) is 18.2 Å². The van der Waals surface area contributed by atoms with Crippen LogP contribution in [-0.4, -0.2) is 49.9 Å². The molecule has 0 aromatic carbocycles. The Morgan fingerprint density at radius 2 is 2.08 bits per heavy atom. The number of aromatic nitrogens is 4. The topological polar surface area (TPSA) is 86.3 Å². The van der Waals surface area contributed by atoms with Crippen molar-refractivity contribution < 1.29 is 14.1 Å². The van der Waals surface area contributed by atoms with Crippen molar-refractivity contribution >= 4 is 5.91 Å². The predicted octanol–water partition coefficient (Wildman–Crippen LogP) is 1.26. The van der Waals surface area contributed by atoms with E-state index in [1.165, 1.54) is 0 Å². The number of fused-ring (bicyclic) bond motifs is 3. The predicted molar refractivity (Wildman–Crippen MR) is 83.4 cm³/mol. The van der Waals surface area contributed by atoms with Crippen LogP contribution in [0.1, 0.15) is 46.3 Å². The largest absolute Gasteiger partial charge is 0.380 e. The molecule has 0 aliphatic carbocycles. The number of rotatable bonds is 3. The van der Waals surface area contributed by atoms with Crippen LogP contribution in [0.15, 0.2) is 4.52 Å². The average Bonchev–Trinajstić information content (AvgIpc) is 3.17. The Kier molecular flexibility index (Phi) is 3.64. The number of hydrogen-bond donors (Lipinski definition) is 0. The number of ether oxygens (including phenoxy) is 1. The lowest BCUT2D eigenvalue weighted by Gasteiger charge is -2.27. The monoisotopic (exact) mass is 331 g/mol. The Balaban J connectivity index is 1.67. The molecule has 2 bridgehead atoms. The Morgan fingerprint density at radius 1 is 1.29 bits per heavy atom. The summed E-state index contributed by atoms with van der Waals surface area (Å²) >= 11 is 0. The van der Waals surface area contributed by atoms with Gasteiger partial charge in [-0.1, -0.05) is 5.16 Å². The van der Waals surface area contributed by atoms with E-state index in [9.17, 15) is 4.79 Å². The first-order valence-corrected chi connectivity index (χ1v) is 8.25. The minimum atomic E-state index is -0.0669. The zero-order valence-electron chi connectivity index (χ0n) is 14.2. The van der Waals surface area contributed by atoms with Gasteiger partial charge in [-0.3, -0.25) is 4.79 Å². The van der Waals surface area contributed by atoms with Gasteiger partial charge in [0.25, 0.3) is 5.91 Å². The summed E-state index contributed by atoms with van der Waals surface area (Å²) in [4.78, 5) is 15.2. The van der Waals surface area contributed by atoms with Crippen molar-refractivity contribution in [1.29, 1.82) is 0 Å². The number of nitrogens with zero attached hydrogens (tertiary/aromatic N) is 5. The lowest BCUT2D eigenvalue weighted by molar-refractivity contribution is 0.0650. The summed E-state index contributed by atoms with van der Waals surface area (Å²) in [6.45, 7) is 4.83.